The molecule has 0 aromatic heterocycles. The number of carbonyl (C=O) groups excluding carboxylic acids is 1. The van der Waals surface area contributed by atoms with Crippen molar-refractivity contribution in [2.45, 2.75) is 17.9 Å². The Balaban J connectivity index is 1.62. The van der Waals surface area contributed by atoms with Crippen molar-refractivity contribution >= 4 is 15.9 Å². The van der Waals surface area contributed by atoms with Crippen LogP contribution < -0.4 is 4.72 Å². The molecule has 1 saturated heterocycles. The molecule has 1 heterocycles. The fraction of sp³-hybridized carbons (Fsp3) is 0.263. The Kier molecular flexibility index (Phi) is 5.35. The van der Waals surface area contributed by atoms with Gasteiger partial charge in [-0.2, -0.15) is 5.26 Å². The highest BCUT2D eigenvalue weighted by molar-refractivity contribution is 7.89. The zero-order chi connectivity index (χ0) is 18.6. The van der Waals surface area contributed by atoms with E-state index in [9.17, 15) is 13.2 Å². The molecule has 1 aliphatic rings. The van der Waals surface area contributed by atoms with Crippen LogP contribution in [0.3, 0.4) is 0 Å². The molecule has 1 amide bonds. The lowest BCUT2D eigenvalue weighted by Gasteiger charge is -2.17. The monoisotopic (exact) mass is 369 g/mol. The van der Waals surface area contributed by atoms with Gasteiger partial charge in [0.05, 0.1) is 10.5 Å². The normalized spacial score (nSPS) is 17.3. The van der Waals surface area contributed by atoms with Gasteiger partial charge in [0.1, 0.15) is 6.07 Å². The number of nitrogens with one attached hydrogen (secondary N) is 1. The minimum atomic E-state index is -3.79. The molecule has 3 rings (SSSR count). The van der Waals surface area contributed by atoms with Gasteiger partial charge < -0.3 is 4.90 Å². The number of sulfonamides is 1. The zero-order valence-electron chi connectivity index (χ0n) is 14.1. The highest BCUT2D eigenvalue weighted by Gasteiger charge is 2.30. The second kappa shape index (κ2) is 7.68. The number of benzene rings is 2. The van der Waals surface area contributed by atoms with E-state index in [-0.39, 0.29) is 28.8 Å². The summed E-state index contributed by atoms with van der Waals surface area (Å²) in [6, 6.07) is 17.7. The van der Waals surface area contributed by atoms with E-state index < -0.39 is 10.0 Å². The molecule has 1 aliphatic heterocycles. The van der Waals surface area contributed by atoms with Gasteiger partial charge in [-0.25, -0.2) is 13.1 Å². The molecule has 1 atom stereocenters. The van der Waals surface area contributed by atoms with E-state index in [1.807, 2.05) is 36.4 Å². The van der Waals surface area contributed by atoms with Crippen molar-refractivity contribution in [2.75, 3.05) is 13.1 Å². The zero-order valence-corrected chi connectivity index (χ0v) is 14.9. The molecule has 0 bridgehead atoms. The lowest BCUT2D eigenvalue weighted by atomic mass is 10.1. The van der Waals surface area contributed by atoms with Crippen LogP contribution in [-0.2, 0) is 21.4 Å². The molecule has 134 valence electrons. The van der Waals surface area contributed by atoms with Crippen LogP contribution in [0.25, 0.3) is 0 Å². The van der Waals surface area contributed by atoms with Gasteiger partial charge in [-0.3, -0.25) is 4.79 Å². The fourth-order valence-corrected chi connectivity index (χ4v) is 4.32. The van der Waals surface area contributed by atoms with E-state index in [1.54, 1.807) is 17.0 Å². The topological polar surface area (TPSA) is 90.3 Å². The molecule has 1 N–H and O–H groups in total. The summed E-state index contributed by atoms with van der Waals surface area (Å²) < 4.78 is 27.5. The third-order valence-corrected chi connectivity index (χ3v) is 5.85. The van der Waals surface area contributed by atoms with Crippen LogP contribution in [0.4, 0.5) is 0 Å². The first-order valence-corrected chi connectivity index (χ1v) is 9.78. The van der Waals surface area contributed by atoms with E-state index >= 15 is 0 Å². The molecule has 0 radical (unpaired) electrons. The van der Waals surface area contributed by atoms with E-state index in [0.717, 1.165) is 5.56 Å². The fourth-order valence-electron chi connectivity index (χ4n) is 3.05. The quantitative estimate of drug-likeness (QED) is 0.842. The summed E-state index contributed by atoms with van der Waals surface area (Å²) in [7, 11) is -3.79. The predicted octanol–water partition coefficient (Wildman–Crippen LogP) is 1.89. The second-order valence-electron chi connectivity index (χ2n) is 6.29. The average Bonchev–Trinajstić information content (AvgIpc) is 3.00. The number of nitriles is 1. The molecule has 7 heteroatoms. The first-order valence-electron chi connectivity index (χ1n) is 8.30. The van der Waals surface area contributed by atoms with Crippen molar-refractivity contribution in [3.63, 3.8) is 0 Å². The smallest absolute Gasteiger partial charge is 0.241 e. The van der Waals surface area contributed by atoms with Crippen LogP contribution in [-0.4, -0.2) is 32.3 Å². The molecule has 26 heavy (non-hydrogen) atoms. The number of nitrogens with zero attached hydrogens (tertiary/aromatic N) is 2. The highest BCUT2D eigenvalue weighted by Crippen LogP contribution is 2.21. The summed E-state index contributed by atoms with van der Waals surface area (Å²) >= 11 is 0. The Morgan fingerprint density at radius 3 is 2.54 bits per heavy atom. The van der Waals surface area contributed by atoms with Gasteiger partial charge in [0.2, 0.25) is 15.9 Å². The summed E-state index contributed by atoms with van der Waals surface area (Å²) in [5, 5.41) is 9.08. The van der Waals surface area contributed by atoms with Gasteiger partial charge >= 0.3 is 0 Å². The Labute approximate surface area is 153 Å². The molecule has 2 aromatic carbocycles. The van der Waals surface area contributed by atoms with Crippen LogP contribution in [0.5, 0.6) is 0 Å². The van der Waals surface area contributed by atoms with Crippen LogP contribution in [0.1, 0.15) is 17.5 Å². The minimum absolute atomic E-state index is 0.0236. The Bertz CT molecular complexity index is 936. The Hall–Kier alpha value is -2.69. The Morgan fingerprint density at radius 1 is 1.12 bits per heavy atom. The minimum Gasteiger partial charge on any atom is -0.338 e. The summed E-state index contributed by atoms with van der Waals surface area (Å²) in [5.74, 6) is -0.0642. The molecular formula is C19H19N3O3S. The van der Waals surface area contributed by atoms with Crippen LogP contribution in [0.15, 0.2) is 59.5 Å². The first kappa shape index (κ1) is 18.1. The maximum absolute atomic E-state index is 12.5. The van der Waals surface area contributed by atoms with Crippen molar-refractivity contribution in [1.29, 1.82) is 5.26 Å². The number of rotatable bonds is 6. The third kappa shape index (κ3) is 4.10. The lowest BCUT2D eigenvalue weighted by molar-refractivity contribution is -0.128. The molecule has 6 nitrogen and oxygen atoms in total. The first-order chi connectivity index (χ1) is 12.5. The molecule has 2 aromatic rings. The summed E-state index contributed by atoms with van der Waals surface area (Å²) in [5.41, 5.74) is 1.15. The average molecular weight is 369 g/mol. The van der Waals surface area contributed by atoms with Gasteiger partial charge in [0, 0.05) is 26.1 Å². The largest absolute Gasteiger partial charge is 0.338 e. The number of hydrogen-bond acceptors (Lipinski definition) is 4. The molecule has 0 aliphatic carbocycles. The molecule has 0 spiro atoms. The summed E-state index contributed by atoms with van der Waals surface area (Å²) in [6.45, 7) is 1.20. The van der Waals surface area contributed by atoms with E-state index in [2.05, 4.69) is 4.72 Å². The summed E-state index contributed by atoms with van der Waals surface area (Å²) in [6.07, 6.45) is 0.315. The van der Waals surface area contributed by atoms with Gasteiger partial charge in [0.15, 0.2) is 0 Å². The summed E-state index contributed by atoms with van der Waals surface area (Å²) in [4.78, 5) is 13.9. The van der Waals surface area contributed by atoms with Gasteiger partial charge in [-0.1, -0.05) is 42.5 Å². The number of hydrogen-bond donors (Lipinski definition) is 1. The Morgan fingerprint density at radius 2 is 1.81 bits per heavy atom. The lowest BCUT2D eigenvalue weighted by Crippen LogP contribution is -2.31. The van der Waals surface area contributed by atoms with Gasteiger partial charge in [-0.15, -0.1) is 0 Å². The molecular weight excluding hydrogens is 350 g/mol. The van der Waals surface area contributed by atoms with E-state index in [0.29, 0.717) is 19.5 Å². The number of amides is 1. The third-order valence-electron chi connectivity index (χ3n) is 4.37. The maximum Gasteiger partial charge on any atom is 0.241 e. The maximum atomic E-state index is 12.5. The van der Waals surface area contributed by atoms with Gasteiger partial charge in [-0.05, 0) is 23.6 Å². The standard InChI is InChI=1S/C19H19N3O3S/c20-11-17-8-4-5-9-18(17)26(24,25)21-12-16-10-19(23)22(14-16)13-15-6-2-1-3-7-15/h1-9,16,21H,10,12-14H2. The molecule has 0 saturated carbocycles. The van der Waals surface area contributed by atoms with Crippen molar-refractivity contribution in [1.82, 2.24) is 9.62 Å². The van der Waals surface area contributed by atoms with Crippen molar-refractivity contribution < 1.29 is 13.2 Å². The van der Waals surface area contributed by atoms with Crippen molar-refractivity contribution in [3.05, 3.63) is 65.7 Å². The second-order valence-corrected chi connectivity index (χ2v) is 8.03. The van der Waals surface area contributed by atoms with Crippen LogP contribution >= 0.6 is 0 Å². The molecule has 1 fully saturated rings. The number of carbonyl (C=O) groups is 1. The van der Waals surface area contributed by atoms with E-state index in [1.165, 1.54) is 12.1 Å². The SMILES string of the molecule is N#Cc1ccccc1S(=O)(=O)NCC1CC(=O)N(Cc2ccccc2)C1. The predicted molar refractivity (Wildman–Crippen MR) is 96.3 cm³/mol. The van der Waals surface area contributed by atoms with Crippen LogP contribution in [0, 0.1) is 17.2 Å². The molecule has 1 unspecified atom stereocenters. The van der Waals surface area contributed by atoms with E-state index in [4.69, 9.17) is 5.26 Å². The highest BCUT2D eigenvalue weighted by atomic mass is 32.2. The van der Waals surface area contributed by atoms with Gasteiger partial charge in [0.25, 0.3) is 0 Å². The van der Waals surface area contributed by atoms with Crippen molar-refractivity contribution in [2.24, 2.45) is 5.92 Å². The van der Waals surface area contributed by atoms with Crippen molar-refractivity contribution in [3.8, 4) is 6.07 Å². The number of likely N-dealkylation sites (tertiary alicyclic amines) is 1. The van der Waals surface area contributed by atoms with Crippen LogP contribution in [0.2, 0.25) is 0 Å².